The van der Waals surface area contributed by atoms with Crippen molar-refractivity contribution in [1.82, 2.24) is 14.7 Å². The molecule has 3 heterocycles. The monoisotopic (exact) mass is 678 g/mol. The van der Waals surface area contributed by atoms with Gasteiger partial charge in [0.05, 0.1) is 18.1 Å². The Morgan fingerprint density at radius 3 is 1.82 bits per heavy atom. The molecule has 4 saturated carbocycles. The Hall–Kier alpha value is -1.83. The first-order chi connectivity index (χ1) is 23.7. The van der Waals surface area contributed by atoms with Gasteiger partial charge in [0, 0.05) is 81.5 Å². The lowest BCUT2D eigenvalue weighted by Crippen LogP contribution is -2.48. The van der Waals surface area contributed by atoms with Crippen molar-refractivity contribution in [2.75, 3.05) is 41.4 Å². The van der Waals surface area contributed by atoms with Crippen LogP contribution in [-0.2, 0) is 19.0 Å². The molecule has 7 nitrogen and oxygen atoms in total. The van der Waals surface area contributed by atoms with Crippen molar-refractivity contribution in [3.05, 3.63) is 34.2 Å². The molecule has 274 valence electrons. The van der Waals surface area contributed by atoms with Crippen molar-refractivity contribution in [2.24, 2.45) is 29.6 Å². The van der Waals surface area contributed by atoms with E-state index in [2.05, 4.69) is 62.6 Å². The zero-order chi connectivity index (χ0) is 34.6. The Balaban J connectivity index is 1.40. The molecule has 3 aliphatic heterocycles. The summed E-state index contributed by atoms with van der Waals surface area (Å²) in [4.78, 5) is 21.9. The van der Waals surface area contributed by atoms with Crippen LogP contribution in [-0.4, -0.2) is 98.0 Å². The quantitative estimate of drug-likeness (QED) is 0.232. The Labute approximate surface area is 297 Å². The van der Waals surface area contributed by atoms with Gasteiger partial charge in [-0.1, -0.05) is 26.7 Å². The molecule has 0 spiro atoms. The van der Waals surface area contributed by atoms with E-state index in [4.69, 9.17) is 14.2 Å². The number of methoxy groups -OCH3 is 2. The van der Waals surface area contributed by atoms with Gasteiger partial charge in [-0.05, 0) is 127 Å². The molecule has 0 amide bonds. The number of allylic oxidation sites excluding steroid dienone is 3. The number of fused-ring (bicyclic) bond motifs is 3. The smallest absolute Gasteiger partial charge is 0.310 e. The second-order valence-electron chi connectivity index (χ2n) is 17.0. The van der Waals surface area contributed by atoms with Gasteiger partial charge >= 0.3 is 5.97 Å². The van der Waals surface area contributed by atoms with E-state index in [0.717, 1.165) is 83.7 Å². The minimum Gasteiger partial charge on any atom is -0.454 e. The van der Waals surface area contributed by atoms with Crippen LogP contribution < -0.4 is 0 Å². The van der Waals surface area contributed by atoms with E-state index in [9.17, 15) is 4.79 Å². The van der Waals surface area contributed by atoms with Crippen molar-refractivity contribution in [1.29, 1.82) is 0 Å². The van der Waals surface area contributed by atoms with E-state index in [0.29, 0.717) is 35.9 Å². The Morgan fingerprint density at radius 1 is 0.776 bits per heavy atom. The highest BCUT2D eigenvalue weighted by atomic mass is 16.6. The predicted octanol–water partition coefficient (Wildman–Crippen LogP) is 7.72. The average molecular weight is 678 g/mol. The number of rotatable bonds is 9. The molecule has 4 aliphatic carbocycles. The zero-order valence-electron chi connectivity index (χ0n) is 32.1. The fourth-order valence-corrected chi connectivity index (χ4v) is 12.5. The van der Waals surface area contributed by atoms with Gasteiger partial charge in [0.1, 0.15) is 5.60 Å². The fourth-order valence-electron chi connectivity index (χ4n) is 12.5. The summed E-state index contributed by atoms with van der Waals surface area (Å²) in [7, 11) is 8.46. The summed E-state index contributed by atoms with van der Waals surface area (Å²) in [5.41, 5.74) is 6.73. The zero-order valence-corrected chi connectivity index (χ0v) is 32.1. The van der Waals surface area contributed by atoms with Crippen molar-refractivity contribution in [3.8, 4) is 0 Å². The average Bonchev–Trinajstić information content (AvgIpc) is 3.66. The third kappa shape index (κ3) is 5.94. The molecule has 0 aromatic heterocycles. The van der Waals surface area contributed by atoms with E-state index >= 15 is 0 Å². The van der Waals surface area contributed by atoms with Crippen LogP contribution in [0.4, 0.5) is 0 Å². The normalized spacial score (nSPS) is 40.9. The highest BCUT2D eigenvalue weighted by molar-refractivity contribution is 5.77. The van der Waals surface area contributed by atoms with Gasteiger partial charge in [0.25, 0.3) is 0 Å². The van der Waals surface area contributed by atoms with Crippen molar-refractivity contribution >= 4 is 5.97 Å². The number of carbonyl (C=O) groups is 1. The van der Waals surface area contributed by atoms with E-state index < -0.39 is 5.60 Å². The van der Waals surface area contributed by atoms with Gasteiger partial charge in [-0.25, -0.2) is 0 Å². The third-order valence-electron chi connectivity index (χ3n) is 15.3. The second kappa shape index (κ2) is 14.3. The summed E-state index contributed by atoms with van der Waals surface area (Å²) in [6.07, 6.45) is 19.0. The van der Waals surface area contributed by atoms with E-state index in [1.807, 2.05) is 14.2 Å². The minimum atomic E-state index is -0.551. The summed E-state index contributed by atoms with van der Waals surface area (Å²) < 4.78 is 19.2. The predicted molar refractivity (Wildman–Crippen MR) is 196 cm³/mol. The molecule has 0 aromatic rings. The van der Waals surface area contributed by atoms with Gasteiger partial charge in [0.2, 0.25) is 0 Å². The van der Waals surface area contributed by atoms with Crippen molar-refractivity contribution < 1.29 is 19.0 Å². The molecule has 7 heteroatoms. The lowest BCUT2D eigenvalue weighted by Gasteiger charge is -2.46. The Morgan fingerprint density at radius 2 is 1.31 bits per heavy atom. The lowest BCUT2D eigenvalue weighted by molar-refractivity contribution is -0.152. The fraction of sp³-hybridized carbons (Fsp3) is 0.833. The molecule has 49 heavy (non-hydrogen) atoms. The number of cyclic esters (lactones) is 1. The summed E-state index contributed by atoms with van der Waals surface area (Å²) >= 11 is 0. The van der Waals surface area contributed by atoms with Crippen molar-refractivity contribution in [2.45, 2.75) is 154 Å². The molecule has 9 atom stereocenters. The molecule has 7 rings (SSSR count). The van der Waals surface area contributed by atoms with Gasteiger partial charge in [-0.3, -0.25) is 4.79 Å². The standard InChI is InChI=1S/C42H67N3O4/c1-9-45(10-2)29-17-15-28(16-18-29)42(36-14-12-11-13-32(36)41(46)49-42)25-35(39-26(3)43(5)37-21-19-30(47-7)23-33(37)39)40-27(4)44(6)38-22-20-31(48-8)24-34(38)40/h25,28-34,36-38H,9-24H2,1-8H3. The van der Waals surface area contributed by atoms with Crippen LogP contribution in [0.5, 0.6) is 0 Å². The van der Waals surface area contributed by atoms with Crippen LogP contribution in [0.25, 0.3) is 0 Å². The number of carbonyl (C=O) groups excluding carboxylic acids is 1. The lowest BCUT2D eigenvalue weighted by atomic mass is 9.62. The third-order valence-corrected chi connectivity index (χ3v) is 15.3. The summed E-state index contributed by atoms with van der Waals surface area (Å²) in [5, 5.41) is 0. The highest BCUT2D eigenvalue weighted by Gasteiger charge is 2.60. The molecule has 0 radical (unpaired) electrons. The molecule has 0 N–H and O–H groups in total. The maximum absolute atomic E-state index is 14.1. The van der Waals surface area contributed by atoms with Crippen LogP contribution in [0.2, 0.25) is 0 Å². The maximum Gasteiger partial charge on any atom is 0.310 e. The van der Waals surface area contributed by atoms with E-state index in [-0.39, 0.29) is 30.0 Å². The molecular weight excluding hydrogens is 610 g/mol. The molecule has 1 saturated heterocycles. The molecule has 7 aliphatic rings. The van der Waals surface area contributed by atoms with E-state index in [1.165, 1.54) is 47.4 Å². The van der Waals surface area contributed by atoms with Crippen LogP contribution in [0.15, 0.2) is 34.2 Å². The van der Waals surface area contributed by atoms with Crippen LogP contribution in [0.3, 0.4) is 0 Å². The van der Waals surface area contributed by atoms with Crippen molar-refractivity contribution in [3.63, 3.8) is 0 Å². The second-order valence-corrected chi connectivity index (χ2v) is 17.0. The summed E-state index contributed by atoms with van der Waals surface area (Å²) in [6.45, 7) is 11.6. The largest absolute Gasteiger partial charge is 0.454 e. The SMILES string of the molecule is CCN(CC)C1CCC(C2(C=C(C3=C(C)N(C)C4CCC(OC)CC34)C3=C(C)N(C)C4CCC(OC)CC34)OC(=O)C3CCCCC32)CC1. The van der Waals surface area contributed by atoms with Crippen LogP contribution >= 0.6 is 0 Å². The molecule has 0 aromatic carbocycles. The van der Waals surface area contributed by atoms with Gasteiger partial charge in [0.15, 0.2) is 0 Å². The number of nitrogens with zero attached hydrogens (tertiary/aromatic N) is 3. The van der Waals surface area contributed by atoms with Gasteiger partial charge in [-0.15, -0.1) is 0 Å². The first kappa shape index (κ1) is 35.6. The summed E-state index contributed by atoms with van der Waals surface area (Å²) in [5.74, 6) is 1.57. The Bertz CT molecular complexity index is 1270. The number of ether oxygens (including phenoxy) is 3. The van der Waals surface area contributed by atoms with Gasteiger partial charge < -0.3 is 28.9 Å². The van der Waals surface area contributed by atoms with Crippen LogP contribution in [0, 0.1) is 29.6 Å². The Kier molecular flexibility index (Phi) is 10.4. The number of hydrogen-bond donors (Lipinski definition) is 0. The van der Waals surface area contributed by atoms with Crippen LogP contribution in [0.1, 0.15) is 118 Å². The topological polar surface area (TPSA) is 54.5 Å². The molecule has 9 unspecified atom stereocenters. The highest BCUT2D eigenvalue weighted by Crippen LogP contribution is 2.58. The summed E-state index contributed by atoms with van der Waals surface area (Å²) in [6, 6.07) is 1.62. The maximum atomic E-state index is 14.1. The van der Waals surface area contributed by atoms with Gasteiger partial charge in [-0.2, -0.15) is 0 Å². The number of hydrogen-bond acceptors (Lipinski definition) is 7. The molecule has 0 bridgehead atoms. The first-order valence-electron chi connectivity index (χ1n) is 20.3. The molecule has 5 fully saturated rings. The minimum absolute atomic E-state index is 0.0370. The molecular formula is C42H67N3O4. The van der Waals surface area contributed by atoms with E-state index in [1.54, 1.807) is 0 Å². The number of esters is 1. The first-order valence-corrected chi connectivity index (χ1v) is 20.3.